The van der Waals surface area contributed by atoms with Crippen molar-refractivity contribution in [2.75, 3.05) is 0 Å². The highest BCUT2D eigenvalue weighted by Crippen LogP contribution is 2.58. The van der Waals surface area contributed by atoms with E-state index in [1.807, 2.05) is 0 Å². The van der Waals surface area contributed by atoms with Gasteiger partial charge in [-0.15, -0.1) is 0 Å². The van der Waals surface area contributed by atoms with E-state index in [0.717, 1.165) is 5.69 Å². The van der Waals surface area contributed by atoms with Crippen LogP contribution in [0.15, 0.2) is 243 Å². The lowest BCUT2D eigenvalue weighted by molar-refractivity contribution is 0.761. The third-order valence-corrected chi connectivity index (χ3v) is 19.6. The average molecular weight is 843 g/mol. The number of aromatic nitrogens is 2. The van der Waals surface area contributed by atoms with Gasteiger partial charge in [-0.2, -0.15) is 0 Å². The summed E-state index contributed by atoms with van der Waals surface area (Å²) in [5.74, 6) is 0.428. The van der Waals surface area contributed by atoms with Crippen molar-refractivity contribution in [3.63, 3.8) is 0 Å². The van der Waals surface area contributed by atoms with Crippen LogP contribution in [0.5, 0.6) is 0 Å². The van der Waals surface area contributed by atoms with Gasteiger partial charge in [0, 0.05) is 44.8 Å². The SMILES string of the molecule is c1ccc([Si](c2ccccc2)(c2ccccc2)c2ccc(-n3c4ccccc4c4cc(-n5c6ccccc6c6c7c(ccc65)C5c6ccccc6C7c6ccccc65)ccc43)cc2)cc1. The molecule has 10 aromatic carbocycles. The fourth-order valence-electron chi connectivity index (χ4n) is 12.3. The summed E-state index contributed by atoms with van der Waals surface area (Å²) in [5, 5.41) is 10.7. The molecule has 65 heavy (non-hydrogen) atoms. The van der Waals surface area contributed by atoms with Crippen LogP contribution < -0.4 is 20.7 Å². The van der Waals surface area contributed by atoms with Gasteiger partial charge in [0.2, 0.25) is 0 Å². The van der Waals surface area contributed by atoms with Crippen LogP contribution in [0, 0.1) is 0 Å². The Morgan fingerprint density at radius 2 is 0.692 bits per heavy atom. The number of hydrogen-bond acceptors (Lipinski definition) is 0. The lowest BCUT2D eigenvalue weighted by Gasteiger charge is -2.42. The lowest BCUT2D eigenvalue weighted by atomic mass is 9.60. The number of hydrogen-bond donors (Lipinski definition) is 0. The van der Waals surface area contributed by atoms with Gasteiger partial charge in [0.25, 0.3) is 0 Å². The standard InChI is InChI=1S/C62H42N2Si/c1-4-18-43(19-5-1)65(44-20-6-2-7-21-44,45-22-8-3-9-23-45)46-35-32-41(33-36-46)63-55-30-16-14-24-47(55)54-40-42(34-38-57(54)63)64-56-31-17-15-29-52(56)61-58(64)39-37-53-59-48-25-10-12-27-50(48)60(62(53)61)51-28-13-11-26-49(51)59/h1-40,59-60H. The second kappa shape index (κ2) is 14.0. The molecular formula is C62H42N2Si. The quantitative estimate of drug-likeness (QED) is 0.117. The van der Waals surface area contributed by atoms with Crippen LogP contribution >= 0.6 is 0 Å². The first-order valence-corrected chi connectivity index (χ1v) is 24.8. The Bertz CT molecular complexity index is 3680. The van der Waals surface area contributed by atoms with Crippen molar-refractivity contribution in [2.24, 2.45) is 0 Å². The zero-order valence-corrected chi connectivity index (χ0v) is 36.6. The van der Waals surface area contributed by atoms with E-state index in [-0.39, 0.29) is 11.8 Å². The third-order valence-electron chi connectivity index (χ3n) is 14.8. The molecule has 2 aromatic heterocycles. The molecule has 304 valence electrons. The smallest absolute Gasteiger partial charge is 0.179 e. The van der Waals surface area contributed by atoms with Crippen molar-refractivity contribution in [2.45, 2.75) is 11.8 Å². The molecule has 0 atom stereocenters. The molecule has 15 rings (SSSR count). The van der Waals surface area contributed by atoms with Gasteiger partial charge >= 0.3 is 0 Å². The molecule has 2 heterocycles. The largest absolute Gasteiger partial charge is 0.309 e. The van der Waals surface area contributed by atoms with Gasteiger partial charge in [-0.1, -0.05) is 194 Å². The predicted octanol–water partition coefficient (Wildman–Crippen LogP) is 12.2. The van der Waals surface area contributed by atoms with Crippen molar-refractivity contribution in [1.29, 1.82) is 0 Å². The first-order valence-electron chi connectivity index (χ1n) is 22.8. The summed E-state index contributed by atoms with van der Waals surface area (Å²) in [5.41, 5.74) is 15.9. The van der Waals surface area contributed by atoms with Crippen molar-refractivity contribution < 1.29 is 0 Å². The molecular weight excluding hydrogens is 801 g/mol. The van der Waals surface area contributed by atoms with Crippen LogP contribution in [0.4, 0.5) is 0 Å². The van der Waals surface area contributed by atoms with Gasteiger partial charge in [0.1, 0.15) is 0 Å². The van der Waals surface area contributed by atoms with Crippen molar-refractivity contribution in [3.05, 3.63) is 276 Å². The number of benzene rings is 10. The topological polar surface area (TPSA) is 9.86 Å². The molecule has 3 aliphatic rings. The molecule has 0 saturated carbocycles. The third kappa shape index (κ3) is 5.04. The van der Waals surface area contributed by atoms with E-state index in [0.29, 0.717) is 0 Å². The average Bonchev–Trinajstić information content (AvgIpc) is 3.90. The summed E-state index contributed by atoms with van der Waals surface area (Å²) in [6.07, 6.45) is 0. The van der Waals surface area contributed by atoms with E-state index in [9.17, 15) is 0 Å². The zero-order chi connectivity index (χ0) is 42.6. The first-order chi connectivity index (χ1) is 32.3. The molecule has 0 spiro atoms. The second-order valence-electron chi connectivity index (χ2n) is 17.9. The van der Waals surface area contributed by atoms with Crippen molar-refractivity contribution >= 4 is 72.4 Å². The van der Waals surface area contributed by atoms with Crippen LogP contribution in [0.3, 0.4) is 0 Å². The monoisotopic (exact) mass is 842 g/mol. The Kier molecular flexibility index (Phi) is 7.87. The molecule has 0 aliphatic heterocycles. The molecule has 2 bridgehead atoms. The Hall–Kier alpha value is -7.98. The highest BCUT2D eigenvalue weighted by molar-refractivity contribution is 7.19. The predicted molar refractivity (Wildman–Crippen MR) is 274 cm³/mol. The Morgan fingerprint density at radius 1 is 0.277 bits per heavy atom. The van der Waals surface area contributed by atoms with E-state index >= 15 is 0 Å². The van der Waals surface area contributed by atoms with Crippen molar-refractivity contribution in [1.82, 2.24) is 9.13 Å². The normalized spacial score (nSPS) is 15.1. The molecule has 0 fully saturated rings. The van der Waals surface area contributed by atoms with Gasteiger partial charge < -0.3 is 9.13 Å². The van der Waals surface area contributed by atoms with Gasteiger partial charge in [-0.05, 0) is 103 Å². The number of nitrogens with zero attached hydrogens (tertiary/aromatic N) is 2. The molecule has 0 unspecified atom stereocenters. The maximum Gasteiger partial charge on any atom is 0.179 e. The molecule has 3 aliphatic carbocycles. The molecule has 0 amide bonds. The summed E-state index contributed by atoms with van der Waals surface area (Å²) in [4.78, 5) is 0. The summed E-state index contributed by atoms with van der Waals surface area (Å²) in [6, 6.07) is 91.3. The Balaban J connectivity index is 0.953. The highest BCUT2D eigenvalue weighted by Gasteiger charge is 2.43. The Morgan fingerprint density at radius 3 is 1.28 bits per heavy atom. The fourth-order valence-corrected chi connectivity index (χ4v) is 17.0. The van der Waals surface area contributed by atoms with E-state index < -0.39 is 8.07 Å². The van der Waals surface area contributed by atoms with E-state index in [1.165, 1.54) is 103 Å². The van der Waals surface area contributed by atoms with Crippen LogP contribution in [0.1, 0.15) is 45.2 Å². The Labute approximate surface area is 378 Å². The zero-order valence-electron chi connectivity index (χ0n) is 35.6. The molecule has 12 aromatic rings. The van der Waals surface area contributed by atoms with Gasteiger partial charge in [-0.3, -0.25) is 0 Å². The summed E-state index contributed by atoms with van der Waals surface area (Å²) < 4.78 is 4.98. The van der Waals surface area contributed by atoms with Crippen LogP contribution in [0.2, 0.25) is 0 Å². The number of rotatable bonds is 6. The van der Waals surface area contributed by atoms with Crippen LogP contribution in [0.25, 0.3) is 55.0 Å². The van der Waals surface area contributed by atoms with Gasteiger partial charge in [0.05, 0.1) is 22.1 Å². The van der Waals surface area contributed by atoms with Gasteiger partial charge in [0.15, 0.2) is 8.07 Å². The molecule has 3 heteroatoms. The minimum Gasteiger partial charge on any atom is -0.309 e. The number of fused-ring (bicyclic) bond motifs is 6. The van der Waals surface area contributed by atoms with Crippen LogP contribution in [-0.2, 0) is 0 Å². The minimum absolute atomic E-state index is 0.193. The highest BCUT2D eigenvalue weighted by atomic mass is 28.3. The number of para-hydroxylation sites is 2. The van der Waals surface area contributed by atoms with Crippen LogP contribution in [-0.4, -0.2) is 17.2 Å². The van der Waals surface area contributed by atoms with E-state index in [1.54, 1.807) is 0 Å². The molecule has 0 N–H and O–H groups in total. The van der Waals surface area contributed by atoms with Crippen molar-refractivity contribution in [3.8, 4) is 11.4 Å². The lowest BCUT2D eigenvalue weighted by Crippen LogP contribution is -2.74. The molecule has 0 saturated heterocycles. The summed E-state index contributed by atoms with van der Waals surface area (Å²) in [6.45, 7) is 0. The van der Waals surface area contributed by atoms with E-state index in [4.69, 9.17) is 0 Å². The second-order valence-corrected chi connectivity index (χ2v) is 21.7. The molecule has 2 nitrogen and oxygen atoms in total. The molecule has 0 radical (unpaired) electrons. The van der Waals surface area contributed by atoms with E-state index in [2.05, 4.69) is 252 Å². The summed E-state index contributed by atoms with van der Waals surface area (Å²) in [7, 11) is -2.66. The minimum atomic E-state index is -2.66. The first kappa shape index (κ1) is 36.5. The fraction of sp³-hybridized carbons (Fsp3) is 0.0323. The van der Waals surface area contributed by atoms with Gasteiger partial charge in [-0.25, -0.2) is 0 Å². The maximum atomic E-state index is 2.52. The maximum absolute atomic E-state index is 2.66. The summed E-state index contributed by atoms with van der Waals surface area (Å²) >= 11 is 0.